The number of amides is 2. The molecule has 0 fully saturated rings. The van der Waals surface area contributed by atoms with Crippen LogP contribution in [0.1, 0.15) is 17.3 Å². The molecule has 25 heavy (non-hydrogen) atoms. The molecule has 0 heterocycles. The molecule has 0 saturated heterocycles. The highest BCUT2D eigenvalue weighted by Gasteiger charge is 2.18. The van der Waals surface area contributed by atoms with E-state index in [9.17, 15) is 9.59 Å². The molecule has 0 radical (unpaired) electrons. The Bertz CT molecular complexity index is 783. The summed E-state index contributed by atoms with van der Waals surface area (Å²) in [7, 11) is 1.45. The van der Waals surface area contributed by atoms with Crippen molar-refractivity contribution >= 4 is 35.0 Å². The maximum Gasteiger partial charge on any atom is 0.279 e. The molecule has 0 spiro atoms. The summed E-state index contributed by atoms with van der Waals surface area (Å²) in [6.45, 7) is 1.52. The molecule has 2 amide bonds. The Hall–Kier alpha value is -2.44. The summed E-state index contributed by atoms with van der Waals surface area (Å²) in [5.74, 6) is -0.354. The number of carbonyl (C=O) groups is 2. The molecule has 1 atom stereocenters. The van der Waals surface area contributed by atoms with Crippen LogP contribution in [0.5, 0.6) is 11.5 Å². The fourth-order valence-corrected chi connectivity index (χ4v) is 2.39. The zero-order chi connectivity index (χ0) is 18.4. The first-order valence-corrected chi connectivity index (χ1v) is 8.03. The van der Waals surface area contributed by atoms with Crippen molar-refractivity contribution in [1.82, 2.24) is 10.9 Å². The summed E-state index contributed by atoms with van der Waals surface area (Å²) in [5, 5.41) is 0.740. The number of carbonyl (C=O) groups excluding carboxylic acids is 2. The number of hydrogen-bond donors (Lipinski definition) is 2. The van der Waals surface area contributed by atoms with E-state index in [0.29, 0.717) is 22.1 Å². The van der Waals surface area contributed by atoms with Gasteiger partial charge in [-0.2, -0.15) is 0 Å². The van der Waals surface area contributed by atoms with E-state index in [-0.39, 0.29) is 5.02 Å². The minimum atomic E-state index is -0.892. The van der Waals surface area contributed by atoms with Crippen LogP contribution in [-0.4, -0.2) is 25.0 Å². The van der Waals surface area contributed by atoms with Crippen molar-refractivity contribution in [3.05, 3.63) is 58.1 Å². The molecule has 0 bridgehead atoms. The van der Waals surface area contributed by atoms with Crippen molar-refractivity contribution in [2.75, 3.05) is 7.11 Å². The fourth-order valence-electron chi connectivity index (χ4n) is 1.93. The molecule has 132 valence electrons. The number of methoxy groups -OCH3 is 1. The minimum Gasteiger partial charge on any atom is -0.496 e. The molecule has 0 unspecified atom stereocenters. The predicted molar refractivity (Wildman–Crippen MR) is 95.2 cm³/mol. The molecular weight excluding hydrogens is 367 g/mol. The largest absolute Gasteiger partial charge is 0.496 e. The van der Waals surface area contributed by atoms with Gasteiger partial charge in [0, 0.05) is 5.02 Å². The smallest absolute Gasteiger partial charge is 0.279 e. The molecule has 0 aromatic heterocycles. The summed E-state index contributed by atoms with van der Waals surface area (Å²) in [5.41, 5.74) is 4.90. The highest BCUT2D eigenvalue weighted by Crippen LogP contribution is 2.28. The number of benzene rings is 2. The van der Waals surface area contributed by atoms with Crippen LogP contribution < -0.4 is 20.3 Å². The zero-order valence-corrected chi connectivity index (χ0v) is 15.0. The number of rotatable bonds is 5. The van der Waals surface area contributed by atoms with Gasteiger partial charge in [0.25, 0.3) is 11.8 Å². The summed E-state index contributed by atoms with van der Waals surface area (Å²) in [4.78, 5) is 24.2. The number of hydrogen-bond acceptors (Lipinski definition) is 4. The van der Waals surface area contributed by atoms with Gasteiger partial charge in [-0.25, -0.2) is 0 Å². The maximum absolute atomic E-state index is 12.1. The Morgan fingerprint density at radius 1 is 1.04 bits per heavy atom. The van der Waals surface area contributed by atoms with Crippen LogP contribution >= 0.6 is 23.2 Å². The highest BCUT2D eigenvalue weighted by atomic mass is 35.5. The zero-order valence-electron chi connectivity index (χ0n) is 13.5. The van der Waals surface area contributed by atoms with Gasteiger partial charge in [0.2, 0.25) is 0 Å². The van der Waals surface area contributed by atoms with Crippen LogP contribution in [0, 0.1) is 0 Å². The van der Waals surface area contributed by atoms with Crippen molar-refractivity contribution in [2.24, 2.45) is 0 Å². The Morgan fingerprint density at radius 3 is 2.44 bits per heavy atom. The monoisotopic (exact) mass is 382 g/mol. The first kappa shape index (κ1) is 18.9. The second kappa shape index (κ2) is 8.60. The Kier molecular flexibility index (Phi) is 6.50. The Labute approximate surface area is 155 Å². The quantitative estimate of drug-likeness (QED) is 0.778. The minimum absolute atomic E-state index is 0.283. The average Bonchev–Trinajstić information content (AvgIpc) is 2.61. The van der Waals surface area contributed by atoms with Gasteiger partial charge < -0.3 is 9.47 Å². The van der Waals surface area contributed by atoms with E-state index in [4.69, 9.17) is 32.7 Å². The van der Waals surface area contributed by atoms with Gasteiger partial charge in [-0.05, 0) is 37.3 Å². The van der Waals surface area contributed by atoms with Gasteiger partial charge in [0.1, 0.15) is 11.5 Å². The van der Waals surface area contributed by atoms with Crippen LogP contribution in [0.4, 0.5) is 0 Å². The number of halogens is 2. The molecule has 8 heteroatoms. The second-order valence-electron chi connectivity index (χ2n) is 4.98. The van der Waals surface area contributed by atoms with Gasteiger partial charge in [0.15, 0.2) is 6.10 Å². The van der Waals surface area contributed by atoms with Crippen molar-refractivity contribution < 1.29 is 19.1 Å². The normalized spacial score (nSPS) is 11.4. The van der Waals surface area contributed by atoms with Crippen molar-refractivity contribution in [1.29, 1.82) is 0 Å². The molecule has 2 aromatic carbocycles. The fraction of sp³-hybridized carbons (Fsp3) is 0.176. The van der Waals surface area contributed by atoms with E-state index >= 15 is 0 Å². The molecule has 0 aliphatic rings. The van der Waals surface area contributed by atoms with Gasteiger partial charge in [-0.3, -0.25) is 20.4 Å². The molecular formula is C17H16Cl2N2O4. The molecule has 2 rings (SSSR count). The van der Waals surface area contributed by atoms with E-state index in [1.54, 1.807) is 36.4 Å². The summed E-state index contributed by atoms with van der Waals surface area (Å²) >= 11 is 11.8. The standard InChI is InChI=1S/C17H16Cl2N2O4/c1-10(25-15-8-7-11(18)9-13(15)19)16(22)20-21-17(23)12-5-3-4-6-14(12)24-2/h3-10H,1-2H3,(H,20,22)(H,21,23)/t10-/m0/s1. The number of hydrazine groups is 1. The van der Waals surface area contributed by atoms with Crippen LogP contribution in [-0.2, 0) is 4.79 Å². The lowest BCUT2D eigenvalue weighted by Gasteiger charge is -2.16. The van der Waals surface area contributed by atoms with Gasteiger partial charge in [-0.1, -0.05) is 35.3 Å². The molecule has 0 saturated carbocycles. The molecule has 2 N–H and O–H groups in total. The molecule has 6 nitrogen and oxygen atoms in total. The number of nitrogens with one attached hydrogen (secondary N) is 2. The third kappa shape index (κ3) is 5.01. The predicted octanol–water partition coefficient (Wildman–Crippen LogP) is 3.23. The van der Waals surface area contributed by atoms with Crippen LogP contribution in [0.25, 0.3) is 0 Å². The number of ether oxygens (including phenoxy) is 2. The van der Waals surface area contributed by atoms with Crippen molar-refractivity contribution in [3.8, 4) is 11.5 Å². The topological polar surface area (TPSA) is 76.7 Å². The molecule has 2 aromatic rings. The third-order valence-electron chi connectivity index (χ3n) is 3.22. The van der Waals surface area contributed by atoms with E-state index in [1.165, 1.54) is 20.1 Å². The van der Waals surface area contributed by atoms with Crippen molar-refractivity contribution in [3.63, 3.8) is 0 Å². The maximum atomic E-state index is 12.1. The molecule has 0 aliphatic carbocycles. The van der Waals surface area contributed by atoms with Gasteiger partial charge in [0.05, 0.1) is 17.7 Å². The summed E-state index contributed by atoms with van der Waals surface area (Å²) < 4.78 is 10.6. The van der Waals surface area contributed by atoms with E-state index in [0.717, 1.165) is 0 Å². The first-order valence-electron chi connectivity index (χ1n) is 7.27. The Balaban J connectivity index is 1.94. The lowest BCUT2D eigenvalue weighted by molar-refractivity contribution is -0.128. The van der Waals surface area contributed by atoms with E-state index in [1.807, 2.05) is 0 Å². The van der Waals surface area contributed by atoms with Crippen LogP contribution in [0.2, 0.25) is 10.0 Å². The van der Waals surface area contributed by atoms with E-state index in [2.05, 4.69) is 10.9 Å². The third-order valence-corrected chi connectivity index (χ3v) is 3.75. The van der Waals surface area contributed by atoms with Crippen LogP contribution in [0.15, 0.2) is 42.5 Å². The SMILES string of the molecule is COc1ccccc1C(=O)NNC(=O)[C@H](C)Oc1ccc(Cl)cc1Cl. The number of para-hydroxylation sites is 1. The lowest BCUT2D eigenvalue weighted by Crippen LogP contribution is -2.47. The lowest BCUT2D eigenvalue weighted by atomic mass is 10.2. The first-order chi connectivity index (χ1) is 11.9. The molecule has 0 aliphatic heterocycles. The van der Waals surface area contributed by atoms with Crippen LogP contribution in [0.3, 0.4) is 0 Å². The van der Waals surface area contributed by atoms with Gasteiger partial charge in [-0.15, -0.1) is 0 Å². The highest BCUT2D eigenvalue weighted by molar-refractivity contribution is 6.35. The van der Waals surface area contributed by atoms with E-state index < -0.39 is 17.9 Å². The van der Waals surface area contributed by atoms with Crippen molar-refractivity contribution in [2.45, 2.75) is 13.0 Å². The second-order valence-corrected chi connectivity index (χ2v) is 5.82. The van der Waals surface area contributed by atoms with Gasteiger partial charge >= 0.3 is 0 Å². The average molecular weight is 383 g/mol. The summed E-state index contributed by atoms with van der Waals surface area (Å²) in [6, 6.07) is 11.3. The summed E-state index contributed by atoms with van der Waals surface area (Å²) in [6.07, 6.45) is -0.892. The Morgan fingerprint density at radius 2 is 1.76 bits per heavy atom.